The van der Waals surface area contributed by atoms with E-state index in [0.717, 1.165) is 0 Å². The van der Waals surface area contributed by atoms with E-state index in [-0.39, 0.29) is 28.0 Å². The van der Waals surface area contributed by atoms with Gasteiger partial charge in [0.15, 0.2) is 0 Å². The zero-order valence-electron chi connectivity index (χ0n) is 7.41. The third-order valence-corrected chi connectivity index (χ3v) is 3.99. The van der Waals surface area contributed by atoms with Gasteiger partial charge in [-0.3, -0.25) is 4.79 Å². The Kier molecular flexibility index (Phi) is 3.34. The van der Waals surface area contributed by atoms with E-state index >= 15 is 0 Å². The van der Waals surface area contributed by atoms with Gasteiger partial charge < -0.3 is 9.47 Å². The number of hydrogen-bond donors (Lipinski definition) is 0. The fraction of sp³-hybridized carbons (Fsp3) is 0.875. The van der Waals surface area contributed by atoms with Crippen molar-refractivity contribution in [2.75, 3.05) is 7.11 Å². The molecule has 0 aliphatic carbocycles. The Bertz CT molecular complexity index is 183. The second-order valence-electron chi connectivity index (χ2n) is 3.04. The molecule has 0 amide bonds. The normalized spacial score (nSPS) is 41.3. The number of halogens is 1. The zero-order valence-corrected chi connectivity index (χ0v) is 9.57. The largest absolute Gasteiger partial charge is 0.469 e. The van der Waals surface area contributed by atoms with Gasteiger partial charge in [-0.25, -0.2) is 0 Å². The summed E-state index contributed by atoms with van der Waals surface area (Å²) in [5.74, 6) is -0.267. The minimum absolute atomic E-state index is 0.0191. The fourth-order valence-corrected chi connectivity index (χ4v) is 2.55. The number of ether oxygens (including phenoxy) is 2. The highest BCUT2D eigenvalue weighted by atomic mass is 127. The molecule has 0 aromatic rings. The molecule has 12 heavy (non-hydrogen) atoms. The van der Waals surface area contributed by atoms with Crippen LogP contribution in [0.4, 0.5) is 0 Å². The van der Waals surface area contributed by atoms with Gasteiger partial charge in [-0.2, -0.15) is 0 Å². The molecule has 0 bridgehead atoms. The summed E-state index contributed by atoms with van der Waals surface area (Å²) in [4.78, 5) is 11.3. The molecule has 0 radical (unpaired) electrons. The Morgan fingerprint density at radius 1 is 1.42 bits per heavy atom. The summed E-state index contributed by atoms with van der Waals surface area (Å²) in [5, 5.41) is 0. The summed E-state index contributed by atoms with van der Waals surface area (Å²) in [6.07, 6.45) is 0.124. The van der Waals surface area contributed by atoms with E-state index in [4.69, 9.17) is 9.47 Å². The lowest BCUT2D eigenvalue weighted by atomic mass is 10.0. The van der Waals surface area contributed by atoms with E-state index in [1.807, 2.05) is 13.8 Å². The summed E-state index contributed by atoms with van der Waals surface area (Å²) in [7, 11) is 1.42. The molecule has 0 spiro atoms. The van der Waals surface area contributed by atoms with Crippen LogP contribution in [0.2, 0.25) is 0 Å². The first kappa shape index (κ1) is 10.2. The molecule has 0 saturated carbocycles. The van der Waals surface area contributed by atoms with Gasteiger partial charge >= 0.3 is 5.97 Å². The second kappa shape index (κ2) is 3.91. The van der Waals surface area contributed by atoms with Gasteiger partial charge in [0, 0.05) is 0 Å². The predicted molar refractivity (Wildman–Crippen MR) is 53.3 cm³/mol. The Morgan fingerprint density at radius 2 is 2.00 bits per heavy atom. The molecule has 1 saturated heterocycles. The van der Waals surface area contributed by atoms with Gasteiger partial charge in [0.25, 0.3) is 0 Å². The molecule has 0 aromatic heterocycles. The van der Waals surface area contributed by atoms with Crippen molar-refractivity contribution in [3.8, 4) is 0 Å². The number of hydrogen-bond acceptors (Lipinski definition) is 3. The maximum Gasteiger partial charge on any atom is 0.312 e. The van der Waals surface area contributed by atoms with E-state index in [9.17, 15) is 4.79 Å². The fourth-order valence-electron chi connectivity index (χ4n) is 1.51. The van der Waals surface area contributed by atoms with Crippen LogP contribution < -0.4 is 0 Å². The van der Waals surface area contributed by atoms with Crippen LogP contribution in [-0.4, -0.2) is 29.2 Å². The summed E-state index contributed by atoms with van der Waals surface area (Å²) in [6, 6.07) is 0. The molecule has 1 aliphatic heterocycles. The number of rotatable bonds is 1. The highest BCUT2D eigenvalue weighted by molar-refractivity contribution is 14.1. The molecule has 1 rings (SSSR count). The van der Waals surface area contributed by atoms with Gasteiger partial charge in [0.05, 0.1) is 29.2 Å². The van der Waals surface area contributed by atoms with Gasteiger partial charge in [-0.1, -0.05) is 22.6 Å². The minimum Gasteiger partial charge on any atom is -0.469 e. The van der Waals surface area contributed by atoms with Gasteiger partial charge in [-0.05, 0) is 13.8 Å². The van der Waals surface area contributed by atoms with Crippen molar-refractivity contribution < 1.29 is 14.3 Å². The lowest BCUT2D eigenvalue weighted by molar-refractivity contribution is -0.146. The Labute approximate surface area is 85.9 Å². The monoisotopic (exact) mass is 284 g/mol. The summed E-state index contributed by atoms with van der Waals surface area (Å²) in [5.41, 5.74) is 0. The van der Waals surface area contributed by atoms with Crippen molar-refractivity contribution in [2.45, 2.75) is 30.0 Å². The number of esters is 1. The number of carbonyl (C=O) groups is 1. The minimum atomic E-state index is -0.161. The van der Waals surface area contributed by atoms with Crippen LogP contribution in [0, 0.1) is 5.92 Å². The maximum absolute atomic E-state index is 11.3. The van der Waals surface area contributed by atoms with Crippen molar-refractivity contribution in [2.24, 2.45) is 5.92 Å². The van der Waals surface area contributed by atoms with Crippen LogP contribution >= 0.6 is 22.6 Å². The first-order valence-electron chi connectivity index (χ1n) is 3.95. The lowest BCUT2D eigenvalue weighted by Crippen LogP contribution is -2.29. The highest BCUT2D eigenvalue weighted by Crippen LogP contribution is 2.33. The molecule has 0 N–H and O–H groups in total. The Hall–Kier alpha value is 0.160. The van der Waals surface area contributed by atoms with E-state index < -0.39 is 0 Å². The lowest BCUT2D eigenvalue weighted by Gasteiger charge is -2.13. The van der Waals surface area contributed by atoms with Crippen molar-refractivity contribution in [1.82, 2.24) is 0 Å². The third kappa shape index (κ3) is 1.74. The van der Waals surface area contributed by atoms with Crippen LogP contribution in [0.5, 0.6) is 0 Å². The van der Waals surface area contributed by atoms with E-state index in [2.05, 4.69) is 22.6 Å². The first-order valence-corrected chi connectivity index (χ1v) is 5.20. The molecule has 0 unspecified atom stereocenters. The summed E-state index contributed by atoms with van der Waals surface area (Å²) >= 11 is 2.25. The average Bonchev–Trinajstić information content (AvgIpc) is 2.26. The van der Waals surface area contributed by atoms with Crippen molar-refractivity contribution in [3.63, 3.8) is 0 Å². The summed E-state index contributed by atoms with van der Waals surface area (Å²) in [6.45, 7) is 3.90. The quantitative estimate of drug-likeness (QED) is 0.414. The molecular weight excluding hydrogens is 271 g/mol. The van der Waals surface area contributed by atoms with Crippen molar-refractivity contribution >= 4 is 28.6 Å². The zero-order chi connectivity index (χ0) is 9.30. The number of carbonyl (C=O) groups excluding carboxylic acids is 1. The molecule has 70 valence electrons. The van der Waals surface area contributed by atoms with Gasteiger partial charge in [0.1, 0.15) is 0 Å². The van der Waals surface area contributed by atoms with Gasteiger partial charge in [-0.15, -0.1) is 0 Å². The van der Waals surface area contributed by atoms with E-state index in [0.29, 0.717) is 0 Å². The van der Waals surface area contributed by atoms with Crippen LogP contribution in [0.3, 0.4) is 0 Å². The molecule has 1 aliphatic rings. The van der Waals surface area contributed by atoms with E-state index in [1.165, 1.54) is 7.11 Å². The average molecular weight is 284 g/mol. The molecule has 1 heterocycles. The molecule has 1 fully saturated rings. The molecule has 4 heteroatoms. The number of methoxy groups -OCH3 is 1. The Balaban J connectivity index is 2.69. The SMILES string of the molecule is COC(=O)[C@H]1[C@H](I)[C@H](C)O[C@@H]1C. The summed E-state index contributed by atoms with van der Waals surface area (Å²) < 4.78 is 10.4. The molecule has 3 nitrogen and oxygen atoms in total. The molecule has 4 atom stereocenters. The van der Waals surface area contributed by atoms with Crippen LogP contribution in [0.1, 0.15) is 13.8 Å². The van der Waals surface area contributed by atoms with Crippen LogP contribution in [0.25, 0.3) is 0 Å². The maximum atomic E-state index is 11.3. The Morgan fingerprint density at radius 3 is 2.33 bits per heavy atom. The second-order valence-corrected chi connectivity index (χ2v) is 4.48. The molecular formula is C8H13IO3. The van der Waals surface area contributed by atoms with Crippen LogP contribution in [-0.2, 0) is 14.3 Å². The highest BCUT2D eigenvalue weighted by Gasteiger charge is 2.43. The standard InChI is InChI=1S/C8H13IO3/c1-4-6(8(10)11-3)7(9)5(2)12-4/h4-7H,1-3H3/t4-,5+,6-,7-/m1/s1. The number of alkyl halides is 1. The van der Waals surface area contributed by atoms with Crippen LogP contribution in [0.15, 0.2) is 0 Å². The third-order valence-electron chi connectivity index (χ3n) is 2.20. The van der Waals surface area contributed by atoms with Gasteiger partial charge in [0.2, 0.25) is 0 Å². The smallest absolute Gasteiger partial charge is 0.312 e. The topological polar surface area (TPSA) is 35.5 Å². The van der Waals surface area contributed by atoms with Crippen molar-refractivity contribution in [3.05, 3.63) is 0 Å². The predicted octanol–water partition coefficient (Wildman–Crippen LogP) is 1.39. The van der Waals surface area contributed by atoms with E-state index in [1.54, 1.807) is 0 Å². The first-order chi connectivity index (χ1) is 5.57. The molecule has 0 aromatic carbocycles. The van der Waals surface area contributed by atoms with Crippen molar-refractivity contribution in [1.29, 1.82) is 0 Å².